The molecule has 1 fully saturated rings. The summed E-state index contributed by atoms with van der Waals surface area (Å²) in [5.41, 5.74) is -0.620. The van der Waals surface area contributed by atoms with E-state index in [1.165, 1.54) is 0 Å². The van der Waals surface area contributed by atoms with Crippen LogP contribution >= 0.6 is 0 Å². The van der Waals surface area contributed by atoms with Crippen molar-refractivity contribution in [2.24, 2.45) is 5.92 Å². The summed E-state index contributed by atoms with van der Waals surface area (Å²) >= 11 is 0. The molecule has 88 valence electrons. The van der Waals surface area contributed by atoms with E-state index in [4.69, 9.17) is 0 Å². The van der Waals surface area contributed by atoms with Gasteiger partial charge in [-0.2, -0.15) is 5.06 Å². The van der Waals surface area contributed by atoms with Crippen LogP contribution in [0.15, 0.2) is 4.63 Å². The minimum absolute atomic E-state index is 0.188. The summed E-state index contributed by atoms with van der Waals surface area (Å²) in [4.78, 5) is 0.344. The van der Waals surface area contributed by atoms with E-state index in [2.05, 4.69) is 9.79 Å². The fourth-order valence-electron chi connectivity index (χ4n) is 2.92. The molecular formula is C9H13N3O4. The SMILES string of the molecule is C[C@H]1CN(O)[C@H]2CCc3c(no[n+]3[O-])[C@@]21O. The van der Waals surface area contributed by atoms with E-state index in [-0.39, 0.29) is 11.6 Å². The van der Waals surface area contributed by atoms with Gasteiger partial charge in [0.1, 0.15) is 0 Å². The average molecular weight is 227 g/mol. The molecule has 3 atom stereocenters. The highest BCUT2D eigenvalue weighted by molar-refractivity contribution is 5.25. The summed E-state index contributed by atoms with van der Waals surface area (Å²) in [7, 11) is 0. The van der Waals surface area contributed by atoms with Crippen LogP contribution in [0.1, 0.15) is 24.7 Å². The lowest BCUT2D eigenvalue weighted by molar-refractivity contribution is -0.808. The molecule has 1 aromatic heterocycles. The molecule has 2 aliphatic rings. The molecule has 0 spiro atoms. The van der Waals surface area contributed by atoms with Gasteiger partial charge < -0.3 is 15.5 Å². The maximum Gasteiger partial charge on any atom is 0.254 e. The number of nitrogens with zero attached hydrogens (tertiary/aromatic N) is 3. The summed E-state index contributed by atoms with van der Waals surface area (Å²) in [6, 6.07) is -0.403. The molecule has 0 radical (unpaired) electrons. The number of aliphatic hydroxyl groups is 1. The molecule has 3 rings (SSSR count). The summed E-state index contributed by atoms with van der Waals surface area (Å²) < 4.78 is 4.53. The number of aromatic nitrogens is 2. The fraction of sp³-hybridized carbons (Fsp3) is 0.778. The Morgan fingerprint density at radius 3 is 3.19 bits per heavy atom. The summed E-state index contributed by atoms with van der Waals surface area (Å²) in [5, 5.41) is 36.4. The molecule has 2 N–H and O–H groups in total. The maximum atomic E-state index is 11.3. The lowest BCUT2D eigenvalue weighted by Gasteiger charge is -2.33. The van der Waals surface area contributed by atoms with Crippen molar-refractivity contribution in [3.05, 3.63) is 16.6 Å². The van der Waals surface area contributed by atoms with Crippen LogP contribution in [0.5, 0.6) is 0 Å². The number of rotatable bonds is 0. The minimum Gasteiger partial charge on any atom is -0.379 e. The Hall–Kier alpha value is -1.18. The molecule has 16 heavy (non-hydrogen) atoms. The quantitative estimate of drug-likeness (QED) is 0.560. The Morgan fingerprint density at radius 2 is 2.44 bits per heavy atom. The molecule has 0 bridgehead atoms. The van der Waals surface area contributed by atoms with E-state index in [0.29, 0.717) is 30.0 Å². The highest BCUT2D eigenvalue weighted by atomic mass is 16.8. The van der Waals surface area contributed by atoms with Gasteiger partial charge >= 0.3 is 0 Å². The van der Waals surface area contributed by atoms with Crippen LogP contribution in [0.3, 0.4) is 0 Å². The lowest BCUT2D eigenvalue weighted by atomic mass is 9.76. The van der Waals surface area contributed by atoms with Crippen molar-refractivity contribution in [3.8, 4) is 0 Å². The Bertz CT molecular complexity index is 434. The fourth-order valence-corrected chi connectivity index (χ4v) is 2.92. The van der Waals surface area contributed by atoms with E-state index in [0.717, 1.165) is 5.06 Å². The van der Waals surface area contributed by atoms with Gasteiger partial charge in [-0.05, 0) is 11.3 Å². The molecule has 0 aromatic carbocycles. The van der Waals surface area contributed by atoms with Gasteiger partial charge in [0.15, 0.2) is 5.60 Å². The number of hydrogen-bond donors (Lipinski definition) is 2. The van der Waals surface area contributed by atoms with Crippen LogP contribution in [-0.4, -0.2) is 33.1 Å². The summed E-state index contributed by atoms with van der Waals surface area (Å²) in [6.07, 6.45) is 0.979. The van der Waals surface area contributed by atoms with E-state index in [1.54, 1.807) is 0 Å². The van der Waals surface area contributed by atoms with E-state index < -0.39 is 11.6 Å². The second-order valence-corrected chi connectivity index (χ2v) is 4.63. The molecule has 7 heteroatoms. The van der Waals surface area contributed by atoms with Gasteiger partial charge in [0.2, 0.25) is 5.69 Å². The molecule has 7 nitrogen and oxygen atoms in total. The van der Waals surface area contributed by atoms with Crippen molar-refractivity contribution < 1.29 is 19.8 Å². The van der Waals surface area contributed by atoms with Gasteiger partial charge in [0.05, 0.1) is 6.04 Å². The number of hydrogen-bond acceptors (Lipinski definition) is 6. The van der Waals surface area contributed by atoms with E-state index in [9.17, 15) is 15.5 Å². The Balaban J connectivity index is 2.16. The zero-order valence-corrected chi connectivity index (χ0v) is 8.83. The van der Waals surface area contributed by atoms with E-state index >= 15 is 0 Å². The van der Waals surface area contributed by atoms with Crippen LogP contribution in [0.2, 0.25) is 0 Å². The molecular weight excluding hydrogens is 214 g/mol. The van der Waals surface area contributed by atoms with Gasteiger partial charge in [0.25, 0.3) is 5.69 Å². The zero-order chi connectivity index (χ0) is 11.5. The average Bonchev–Trinajstić information content (AvgIpc) is 2.70. The Morgan fingerprint density at radius 1 is 1.69 bits per heavy atom. The number of hydroxylamine groups is 2. The lowest BCUT2D eigenvalue weighted by Crippen LogP contribution is -2.49. The highest BCUT2D eigenvalue weighted by Crippen LogP contribution is 2.45. The molecule has 0 unspecified atom stereocenters. The van der Waals surface area contributed by atoms with Crippen molar-refractivity contribution in [1.29, 1.82) is 0 Å². The molecule has 2 heterocycles. The zero-order valence-electron chi connectivity index (χ0n) is 8.83. The van der Waals surface area contributed by atoms with Gasteiger partial charge in [-0.1, -0.05) is 6.92 Å². The van der Waals surface area contributed by atoms with Gasteiger partial charge in [0, 0.05) is 24.0 Å². The summed E-state index contributed by atoms with van der Waals surface area (Å²) in [5.74, 6) is -0.188. The van der Waals surface area contributed by atoms with Crippen LogP contribution in [-0.2, 0) is 12.0 Å². The third-order valence-corrected chi connectivity index (χ3v) is 3.81. The highest BCUT2D eigenvalue weighted by Gasteiger charge is 2.60. The monoisotopic (exact) mass is 227 g/mol. The Labute approximate surface area is 91.4 Å². The molecule has 1 saturated heterocycles. The topological polar surface area (TPSA) is 96.7 Å². The maximum absolute atomic E-state index is 11.3. The van der Waals surface area contributed by atoms with Crippen LogP contribution in [0.25, 0.3) is 0 Å². The van der Waals surface area contributed by atoms with Gasteiger partial charge in [-0.3, -0.25) is 4.63 Å². The third kappa shape index (κ3) is 0.977. The first-order valence-corrected chi connectivity index (χ1v) is 5.32. The van der Waals surface area contributed by atoms with Crippen LogP contribution < -0.4 is 4.90 Å². The first kappa shape index (κ1) is 10.0. The second-order valence-electron chi connectivity index (χ2n) is 4.63. The largest absolute Gasteiger partial charge is 0.379 e. The predicted molar refractivity (Wildman–Crippen MR) is 49.1 cm³/mol. The molecule has 1 aliphatic heterocycles. The van der Waals surface area contributed by atoms with Crippen LogP contribution in [0.4, 0.5) is 0 Å². The molecule has 1 aromatic rings. The molecule has 1 aliphatic carbocycles. The van der Waals surface area contributed by atoms with Crippen LogP contribution in [0, 0.1) is 11.1 Å². The van der Waals surface area contributed by atoms with Crippen molar-refractivity contribution in [2.75, 3.05) is 6.54 Å². The first-order valence-electron chi connectivity index (χ1n) is 5.32. The summed E-state index contributed by atoms with van der Waals surface area (Å²) in [6.45, 7) is 2.19. The first-order chi connectivity index (χ1) is 7.55. The second kappa shape index (κ2) is 2.93. The predicted octanol–water partition coefficient (Wildman–Crippen LogP) is -0.849. The van der Waals surface area contributed by atoms with Crippen molar-refractivity contribution >= 4 is 0 Å². The van der Waals surface area contributed by atoms with Crippen molar-refractivity contribution in [2.45, 2.75) is 31.4 Å². The van der Waals surface area contributed by atoms with Gasteiger partial charge in [-0.15, -0.1) is 0 Å². The standard InChI is InChI=1S/C9H13N3O4/c1-5-4-11(14)7-3-2-6-8(9(5,7)13)10-16-12(6)15/h5,7,13-14H,2-4H2,1H3/t5-,7-,9-/m0/s1. The third-order valence-electron chi connectivity index (χ3n) is 3.81. The number of fused-ring (bicyclic) bond motifs is 3. The van der Waals surface area contributed by atoms with Crippen molar-refractivity contribution in [1.82, 2.24) is 10.2 Å². The minimum atomic E-state index is -1.28. The van der Waals surface area contributed by atoms with Crippen molar-refractivity contribution in [3.63, 3.8) is 0 Å². The molecule has 0 saturated carbocycles. The molecule has 0 amide bonds. The van der Waals surface area contributed by atoms with E-state index in [1.807, 2.05) is 6.92 Å². The van der Waals surface area contributed by atoms with Gasteiger partial charge in [-0.25, -0.2) is 0 Å². The smallest absolute Gasteiger partial charge is 0.254 e. The Kier molecular flexibility index (Phi) is 1.84. The normalized spacial score (nSPS) is 38.4.